The molecule has 4 rings (SSSR count). The highest BCUT2D eigenvalue weighted by molar-refractivity contribution is 7.92. The number of anilines is 2. The molecule has 2 amide bonds. The van der Waals surface area contributed by atoms with Gasteiger partial charge in [0.15, 0.2) is 0 Å². The van der Waals surface area contributed by atoms with Gasteiger partial charge in [-0.2, -0.15) is 0 Å². The van der Waals surface area contributed by atoms with E-state index in [1.54, 1.807) is 36.7 Å². The monoisotopic (exact) mass is 551 g/mol. The summed E-state index contributed by atoms with van der Waals surface area (Å²) in [7, 11) is -3.31. The van der Waals surface area contributed by atoms with Gasteiger partial charge in [0.05, 0.1) is 18.1 Å². The number of nitrogens with one attached hydrogen (secondary N) is 2. The van der Waals surface area contributed by atoms with Crippen LogP contribution in [0.2, 0.25) is 0 Å². The molecule has 0 atom stereocenters. The molecule has 10 heteroatoms. The number of benzene rings is 2. The topological polar surface area (TPSA) is 104 Å². The van der Waals surface area contributed by atoms with E-state index in [9.17, 15) is 13.2 Å². The molecule has 1 aliphatic rings. The highest BCUT2D eigenvalue weighted by atomic mass is 32.2. The molecular weight excluding hydrogens is 514 g/mol. The lowest BCUT2D eigenvalue weighted by Gasteiger charge is -2.38. The summed E-state index contributed by atoms with van der Waals surface area (Å²) in [4.78, 5) is 21.6. The van der Waals surface area contributed by atoms with Crippen LogP contribution in [-0.4, -0.2) is 61.2 Å². The van der Waals surface area contributed by atoms with E-state index in [0.29, 0.717) is 17.2 Å². The third-order valence-electron chi connectivity index (χ3n) is 6.65. The van der Waals surface area contributed by atoms with Gasteiger partial charge in [0, 0.05) is 44.1 Å². The molecule has 208 valence electrons. The number of amides is 2. The summed E-state index contributed by atoms with van der Waals surface area (Å²) in [6.45, 7) is 5.60. The molecule has 39 heavy (non-hydrogen) atoms. The van der Waals surface area contributed by atoms with Gasteiger partial charge in [0.25, 0.3) is 0 Å². The molecule has 0 unspecified atom stereocenters. The van der Waals surface area contributed by atoms with Crippen LogP contribution >= 0.6 is 0 Å². The van der Waals surface area contributed by atoms with Crippen molar-refractivity contribution < 1.29 is 17.9 Å². The minimum Gasteiger partial charge on any atom is -0.457 e. The lowest BCUT2D eigenvalue weighted by Crippen LogP contribution is -2.49. The van der Waals surface area contributed by atoms with Crippen molar-refractivity contribution in [3.8, 4) is 11.5 Å². The van der Waals surface area contributed by atoms with E-state index in [1.165, 1.54) is 5.56 Å². The predicted molar refractivity (Wildman–Crippen MR) is 155 cm³/mol. The molecule has 2 aromatic carbocycles. The first kappa shape index (κ1) is 28.4. The van der Waals surface area contributed by atoms with Crippen molar-refractivity contribution in [2.45, 2.75) is 45.2 Å². The van der Waals surface area contributed by atoms with Crippen LogP contribution in [0.15, 0.2) is 73.1 Å². The number of hydrogen-bond acceptors (Lipinski definition) is 6. The van der Waals surface area contributed by atoms with Gasteiger partial charge < -0.3 is 15.0 Å². The predicted octanol–water partition coefficient (Wildman–Crippen LogP) is 5.54. The second-order valence-electron chi connectivity index (χ2n) is 9.87. The van der Waals surface area contributed by atoms with Gasteiger partial charge in [-0.3, -0.25) is 14.6 Å². The van der Waals surface area contributed by atoms with Crippen molar-refractivity contribution in [2.75, 3.05) is 35.9 Å². The molecule has 1 fully saturated rings. The zero-order chi connectivity index (χ0) is 27.7. The average molecular weight is 552 g/mol. The van der Waals surface area contributed by atoms with Gasteiger partial charge in [-0.15, -0.1) is 0 Å². The highest BCUT2D eigenvalue weighted by Crippen LogP contribution is 2.25. The lowest BCUT2D eigenvalue weighted by atomic mass is 10.0. The van der Waals surface area contributed by atoms with E-state index < -0.39 is 10.0 Å². The summed E-state index contributed by atoms with van der Waals surface area (Å²) < 4.78 is 31.1. The fourth-order valence-corrected chi connectivity index (χ4v) is 5.23. The molecule has 0 aliphatic carbocycles. The Morgan fingerprint density at radius 3 is 2.28 bits per heavy atom. The van der Waals surface area contributed by atoms with Crippen molar-refractivity contribution in [3.05, 3.63) is 78.6 Å². The highest BCUT2D eigenvalue weighted by Gasteiger charge is 2.27. The number of carbonyl (C=O) groups is 1. The van der Waals surface area contributed by atoms with E-state index in [1.807, 2.05) is 29.2 Å². The van der Waals surface area contributed by atoms with Gasteiger partial charge in [0.2, 0.25) is 10.0 Å². The number of hydrogen-bond donors (Lipinski definition) is 2. The van der Waals surface area contributed by atoms with Crippen LogP contribution in [0.1, 0.15) is 38.2 Å². The lowest BCUT2D eigenvalue weighted by molar-refractivity contribution is 0.122. The number of unbranched alkanes of at least 4 members (excludes halogenated alkanes) is 1. The van der Waals surface area contributed by atoms with Gasteiger partial charge in [0.1, 0.15) is 11.5 Å². The largest absolute Gasteiger partial charge is 0.457 e. The Morgan fingerprint density at radius 1 is 1.03 bits per heavy atom. The van der Waals surface area contributed by atoms with Crippen molar-refractivity contribution in [1.29, 1.82) is 0 Å². The van der Waals surface area contributed by atoms with E-state index in [2.05, 4.69) is 39.0 Å². The summed E-state index contributed by atoms with van der Waals surface area (Å²) >= 11 is 0. The molecular formula is C29H37N5O4S. The van der Waals surface area contributed by atoms with Crippen LogP contribution in [0.25, 0.3) is 0 Å². The fourth-order valence-electron chi connectivity index (χ4n) is 4.66. The average Bonchev–Trinajstić information content (AvgIpc) is 2.92. The van der Waals surface area contributed by atoms with Gasteiger partial charge in [-0.05, 0) is 73.4 Å². The van der Waals surface area contributed by atoms with Crippen LogP contribution in [0.3, 0.4) is 0 Å². The van der Waals surface area contributed by atoms with Gasteiger partial charge >= 0.3 is 6.03 Å². The first-order chi connectivity index (χ1) is 18.8. The second kappa shape index (κ2) is 13.4. The Kier molecular flexibility index (Phi) is 9.78. The number of nitrogens with zero attached hydrogens (tertiary/aromatic N) is 3. The van der Waals surface area contributed by atoms with Crippen molar-refractivity contribution >= 4 is 27.4 Å². The molecule has 1 aromatic heterocycles. The zero-order valence-corrected chi connectivity index (χ0v) is 23.4. The summed E-state index contributed by atoms with van der Waals surface area (Å²) in [6.07, 6.45) is 8.39. The molecule has 0 spiro atoms. The SMILES string of the molecule is CCCCN(C(=O)Nc1cccnc1)C1CCN(Cc2ccc(Oc3ccc(NS(C)(=O)=O)cc3)cc2)CC1. The molecule has 2 heterocycles. The van der Waals surface area contributed by atoms with Crippen LogP contribution < -0.4 is 14.8 Å². The number of pyridine rings is 1. The number of rotatable bonds is 11. The third-order valence-corrected chi connectivity index (χ3v) is 7.25. The summed E-state index contributed by atoms with van der Waals surface area (Å²) in [5, 5.41) is 3.01. The summed E-state index contributed by atoms with van der Waals surface area (Å²) in [6, 6.07) is 18.7. The first-order valence-corrected chi connectivity index (χ1v) is 15.2. The normalized spacial score (nSPS) is 14.5. The number of aromatic nitrogens is 1. The minimum atomic E-state index is -3.31. The maximum Gasteiger partial charge on any atom is 0.322 e. The molecule has 0 radical (unpaired) electrons. The first-order valence-electron chi connectivity index (χ1n) is 13.3. The van der Waals surface area contributed by atoms with Gasteiger partial charge in [-0.25, -0.2) is 13.2 Å². The smallest absolute Gasteiger partial charge is 0.322 e. The van der Waals surface area contributed by atoms with Crippen LogP contribution in [0.5, 0.6) is 11.5 Å². The standard InChI is InChI=1S/C29H37N5O4S/c1-3-4-18-34(29(35)31-25-6-5-17-30-21-25)26-15-19-33(20-16-26)22-23-7-11-27(12-8-23)38-28-13-9-24(10-14-28)32-39(2,36)37/h5-14,17,21,26,32H,3-4,15-16,18-20,22H2,1-2H3,(H,31,35). The number of sulfonamides is 1. The minimum absolute atomic E-state index is 0.0493. The van der Waals surface area contributed by atoms with Crippen molar-refractivity contribution in [2.24, 2.45) is 0 Å². The molecule has 1 aliphatic heterocycles. The molecule has 9 nitrogen and oxygen atoms in total. The maximum atomic E-state index is 13.1. The Labute approximate surface area is 231 Å². The number of carbonyl (C=O) groups excluding carboxylic acids is 1. The second-order valence-corrected chi connectivity index (χ2v) is 11.6. The Bertz CT molecular complexity index is 1290. The molecule has 2 N–H and O–H groups in total. The summed E-state index contributed by atoms with van der Waals surface area (Å²) in [5.74, 6) is 1.34. The number of urea groups is 1. The Hall–Kier alpha value is -3.63. The number of ether oxygens (including phenoxy) is 1. The third kappa shape index (κ3) is 8.97. The Morgan fingerprint density at radius 2 is 1.69 bits per heavy atom. The number of piperidine rings is 1. The fraction of sp³-hybridized carbons (Fsp3) is 0.379. The van der Waals surface area contributed by atoms with Crippen molar-refractivity contribution in [3.63, 3.8) is 0 Å². The van der Waals surface area contributed by atoms with E-state index in [4.69, 9.17) is 4.74 Å². The van der Waals surface area contributed by atoms with Crippen molar-refractivity contribution in [1.82, 2.24) is 14.8 Å². The van der Waals surface area contributed by atoms with Crippen LogP contribution in [0.4, 0.5) is 16.2 Å². The van der Waals surface area contributed by atoms with Crippen LogP contribution in [0, 0.1) is 0 Å². The molecule has 3 aromatic rings. The van der Waals surface area contributed by atoms with E-state index >= 15 is 0 Å². The Balaban J connectivity index is 1.27. The van der Waals surface area contributed by atoms with E-state index in [-0.39, 0.29) is 12.1 Å². The van der Waals surface area contributed by atoms with Crippen LogP contribution in [-0.2, 0) is 16.6 Å². The maximum absolute atomic E-state index is 13.1. The molecule has 0 saturated carbocycles. The number of likely N-dealkylation sites (tertiary alicyclic amines) is 1. The zero-order valence-electron chi connectivity index (χ0n) is 22.5. The molecule has 0 bridgehead atoms. The quantitative estimate of drug-likeness (QED) is 0.324. The van der Waals surface area contributed by atoms with Gasteiger partial charge in [-0.1, -0.05) is 25.5 Å². The summed E-state index contributed by atoms with van der Waals surface area (Å²) in [5.41, 5.74) is 2.41. The molecule has 1 saturated heterocycles. The van der Waals surface area contributed by atoms with E-state index in [0.717, 1.165) is 63.8 Å².